The summed E-state index contributed by atoms with van der Waals surface area (Å²) in [4.78, 5) is 68.6. The normalized spacial score (nSPS) is 27.5. The van der Waals surface area contributed by atoms with Crippen LogP contribution in [0.5, 0.6) is 0 Å². The predicted octanol–water partition coefficient (Wildman–Crippen LogP) is 3.09. The summed E-state index contributed by atoms with van der Waals surface area (Å²) in [5.74, 6) is -3.05. The molecule has 4 aliphatic rings. The van der Waals surface area contributed by atoms with Crippen LogP contribution in [0.15, 0.2) is 22.6 Å². The van der Waals surface area contributed by atoms with E-state index in [1.807, 2.05) is 74.5 Å². The summed E-state index contributed by atoms with van der Waals surface area (Å²) in [6.07, 6.45) is 8.11. The zero-order valence-electron chi connectivity index (χ0n) is 31.6. The molecule has 6 atom stereocenters. The number of nitrogens with one attached hydrogen (secondary N) is 3. The number of carbonyl (C=O) groups excluding carboxylic acids is 5. The number of urea groups is 1. The molecule has 1 saturated heterocycles. The molecule has 0 spiro atoms. The molecule has 2 heterocycles. The lowest BCUT2D eigenvalue weighted by Crippen LogP contribution is -2.63. The molecule has 2 fully saturated rings. The Kier molecular flexibility index (Phi) is 10.7. The quantitative estimate of drug-likeness (QED) is 0.191. The largest absolute Gasteiger partial charge is 0.363 e. The number of carbonyl (C=O) groups is 5. The van der Waals surface area contributed by atoms with Crippen LogP contribution in [0.1, 0.15) is 94.4 Å². The molecule has 50 heavy (non-hydrogen) atoms. The Morgan fingerprint density at radius 1 is 1.06 bits per heavy atom. The third-order valence-electron chi connectivity index (χ3n) is 11.3. The first-order valence-corrected chi connectivity index (χ1v) is 20.1. The van der Waals surface area contributed by atoms with Crippen LogP contribution in [0.4, 0.5) is 4.79 Å². The summed E-state index contributed by atoms with van der Waals surface area (Å²) in [6, 6.07) is -4.19. The van der Waals surface area contributed by atoms with E-state index in [9.17, 15) is 32.7 Å². The molecule has 4 rings (SSSR count). The molecule has 0 aromatic rings. The molecule has 1 saturated carbocycles. The van der Waals surface area contributed by atoms with Crippen LogP contribution in [0.2, 0.25) is 0 Å². The van der Waals surface area contributed by atoms with Crippen molar-refractivity contribution in [3.8, 4) is 0 Å². The minimum Gasteiger partial charge on any atom is -0.363 e. The number of rotatable bonds is 12. The first-order chi connectivity index (χ1) is 22.8. The molecule has 6 N–H and O–H groups in total. The van der Waals surface area contributed by atoms with E-state index in [4.69, 9.17) is 5.73 Å². The van der Waals surface area contributed by atoms with E-state index in [1.54, 1.807) is 4.31 Å². The number of amides is 5. The minimum atomic E-state index is -4.29. The van der Waals surface area contributed by atoms with Gasteiger partial charge in [0.1, 0.15) is 12.1 Å². The van der Waals surface area contributed by atoms with Gasteiger partial charge >= 0.3 is 6.03 Å². The number of hydrogen-bond acceptors (Lipinski definition) is 6. The maximum atomic E-state index is 14.4. The van der Waals surface area contributed by atoms with Gasteiger partial charge < -0.3 is 26.6 Å². The second-order valence-electron chi connectivity index (χ2n) is 17.6. The number of nitrogens with zero attached hydrogens (tertiary/aromatic N) is 2. The lowest BCUT2D eigenvalue weighted by molar-refractivity contribution is -0.145. The number of piperidine rings is 1. The number of unbranched alkanes of at least 4 members (excludes halogenated alkanes) is 1. The van der Waals surface area contributed by atoms with Crippen molar-refractivity contribution in [1.82, 2.24) is 25.2 Å². The number of hydrogen-bond donors (Lipinski definition) is 5. The van der Waals surface area contributed by atoms with E-state index in [0.717, 1.165) is 12.0 Å². The Bertz CT molecular complexity index is 1550. The number of fused-ring (bicyclic) bond motifs is 1. The molecule has 2 aliphatic carbocycles. The average Bonchev–Trinajstić information content (AvgIpc) is 3.26. The number of ketones is 1. The van der Waals surface area contributed by atoms with E-state index in [1.165, 1.54) is 11.2 Å². The van der Waals surface area contributed by atoms with Gasteiger partial charge in [0.25, 0.3) is 5.91 Å². The fourth-order valence-electron chi connectivity index (χ4n) is 7.91. The smallest absolute Gasteiger partial charge is 0.315 e. The van der Waals surface area contributed by atoms with Crippen molar-refractivity contribution in [2.45, 2.75) is 119 Å². The van der Waals surface area contributed by atoms with Crippen LogP contribution in [0, 0.1) is 28.1 Å². The molecule has 13 nitrogen and oxygen atoms in total. The molecule has 1 unspecified atom stereocenters. The molecular weight excluding hydrogens is 660 g/mol. The van der Waals surface area contributed by atoms with Crippen molar-refractivity contribution in [2.75, 3.05) is 25.9 Å². The fourth-order valence-corrected chi connectivity index (χ4v) is 10.5. The van der Waals surface area contributed by atoms with Crippen molar-refractivity contribution in [1.29, 1.82) is 0 Å². The Morgan fingerprint density at radius 3 is 2.24 bits per heavy atom. The average molecular weight is 721 g/mol. The summed E-state index contributed by atoms with van der Waals surface area (Å²) < 4.78 is 27.2. The first kappa shape index (κ1) is 39.7. The lowest BCUT2D eigenvalue weighted by Gasteiger charge is -2.48. The van der Waals surface area contributed by atoms with Gasteiger partial charge in [-0.3, -0.25) is 23.7 Å². The maximum Gasteiger partial charge on any atom is 0.315 e. The van der Waals surface area contributed by atoms with Crippen molar-refractivity contribution in [3.63, 3.8) is 0 Å². The monoisotopic (exact) mass is 720 g/mol. The number of nitrogens with two attached hydrogens (primary N) is 1. The van der Waals surface area contributed by atoms with Gasteiger partial charge in [-0.2, -0.15) is 4.21 Å². The zero-order valence-corrected chi connectivity index (χ0v) is 32.4. The van der Waals surface area contributed by atoms with Gasteiger partial charge in [0.15, 0.2) is 0 Å². The highest BCUT2D eigenvalue weighted by Crippen LogP contribution is 2.65. The summed E-state index contributed by atoms with van der Waals surface area (Å²) in [7, 11) is -4.29. The maximum absolute atomic E-state index is 14.4. The number of primary amides is 1. The molecule has 282 valence electrons. The van der Waals surface area contributed by atoms with Gasteiger partial charge in [-0.25, -0.2) is 9.10 Å². The number of allylic oxidation sites excluding steroid dienone is 2. The molecule has 5 amide bonds. The molecular formula is C36H60N6O7S. The fraction of sp³-hybridized carbons (Fsp3) is 0.750. The van der Waals surface area contributed by atoms with Crippen molar-refractivity contribution < 1.29 is 32.7 Å². The van der Waals surface area contributed by atoms with Crippen LogP contribution in [-0.4, -0.2) is 97.6 Å². The number of Topliss-reactive ketones (excluding diaryl/α,β-unsaturated/α-hetero) is 1. The Labute approximate surface area is 297 Å². The van der Waals surface area contributed by atoms with E-state index >= 15 is 0 Å². The second-order valence-corrected chi connectivity index (χ2v) is 21.1. The van der Waals surface area contributed by atoms with Crippen molar-refractivity contribution in [2.24, 2.45) is 33.8 Å². The van der Waals surface area contributed by atoms with Gasteiger partial charge in [-0.15, -0.1) is 9.53 Å². The summed E-state index contributed by atoms with van der Waals surface area (Å²) in [5, 5.41) is 8.64. The van der Waals surface area contributed by atoms with Gasteiger partial charge in [-0.05, 0) is 52.9 Å². The minimum absolute atomic E-state index is 0.0491. The highest BCUT2D eigenvalue weighted by atomic mass is 32.3. The van der Waals surface area contributed by atoms with E-state index in [2.05, 4.69) is 16.0 Å². The van der Waals surface area contributed by atoms with Gasteiger partial charge in [0, 0.05) is 31.9 Å². The molecule has 14 heteroatoms. The van der Waals surface area contributed by atoms with Gasteiger partial charge in [0.2, 0.25) is 17.6 Å². The van der Waals surface area contributed by atoms with Crippen LogP contribution < -0.4 is 21.7 Å². The second kappa shape index (κ2) is 13.5. The zero-order chi connectivity index (χ0) is 37.8. The summed E-state index contributed by atoms with van der Waals surface area (Å²) in [5.41, 5.74) is 4.64. The molecule has 0 aromatic carbocycles. The first-order valence-electron chi connectivity index (χ1n) is 17.9. The Balaban J connectivity index is 1.54. The summed E-state index contributed by atoms with van der Waals surface area (Å²) in [6.45, 7) is 18.0. The van der Waals surface area contributed by atoms with Crippen molar-refractivity contribution >= 4 is 39.1 Å². The Morgan fingerprint density at radius 2 is 1.70 bits per heavy atom. The van der Waals surface area contributed by atoms with E-state index in [-0.39, 0.29) is 30.2 Å². The molecule has 2 aliphatic heterocycles. The van der Waals surface area contributed by atoms with Crippen LogP contribution in [0.25, 0.3) is 0 Å². The van der Waals surface area contributed by atoms with Crippen LogP contribution in [0.3, 0.4) is 0 Å². The van der Waals surface area contributed by atoms with E-state index in [0.29, 0.717) is 37.3 Å². The van der Waals surface area contributed by atoms with Gasteiger partial charge in [-0.1, -0.05) is 87.3 Å². The van der Waals surface area contributed by atoms with Crippen molar-refractivity contribution in [3.05, 3.63) is 22.6 Å². The van der Waals surface area contributed by atoms with Crippen LogP contribution in [-0.2, 0) is 28.7 Å². The summed E-state index contributed by atoms with van der Waals surface area (Å²) >= 11 is 0. The Hall–Kier alpha value is -3.10. The van der Waals surface area contributed by atoms with Crippen LogP contribution >= 0.6 is 0 Å². The molecule has 0 aromatic heterocycles. The SMILES string of the molecule is CCCCC(NC(=O)[C@@H]1[C@@H]2[C@H](CN1C(=O)[C@@H](NC(=O)N[C@H](CN1CC3=C(CCC=C3)S1(C)(=O)O)C(C)(C)C)C(C)(C)C)C2(C)C)C(=O)C(N)=O. The standard InChI is InChI=1S/C36H60N6O7S/c1-11-12-16-23(28(43)30(37)44)38-31(45)27-26-22(36(26,8)9)19-42(27)32(46)29(35(5,6)7)40-33(47)39-25(34(2,3)4)20-41-18-21-15-13-14-17-24(21)50(41,10,48)49/h13,15,22-23,25-27,29H,11-12,14,16-20H2,1-10H3,(H2,37,44)(H,38,45)(H,48,49)(H2,39,40,47)/t22-,23?,25+,26-,27-,29+/m0/s1. The molecule has 0 bridgehead atoms. The number of likely N-dealkylation sites (tertiary alicyclic amines) is 1. The van der Waals surface area contributed by atoms with E-state index < -0.39 is 74.1 Å². The topological polar surface area (TPSA) is 191 Å². The third-order valence-corrected chi connectivity index (χ3v) is 14.4. The lowest BCUT2D eigenvalue weighted by atomic mass is 9.85. The molecule has 0 radical (unpaired) electrons. The van der Waals surface area contributed by atoms with Gasteiger partial charge in [0.05, 0.1) is 10.9 Å². The highest BCUT2D eigenvalue weighted by molar-refractivity contribution is 8.16. The third kappa shape index (κ3) is 7.72. The predicted molar refractivity (Wildman–Crippen MR) is 194 cm³/mol. The highest BCUT2D eigenvalue weighted by Gasteiger charge is 2.70.